The predicted octanol–water partition coefficient (Wildman–Crippen LogP) is 4.96. The van der Waals surface area contributed by atoms with E-state index in [4.69, 9.17) is 4.74 Å². The van der Waals surface area contributed by atoms with Gasteiger partial charge in [-0.05, 0) is 79.5 Å². The van der Waals surface area contributed by atoms with E-state index in [1.54, 1.807) is 6.92 Å². The first-order valence-corrected chi connectivity index (χ1v) is 9.11. The Labute approximate surface area is 154 Å². The predicted molar refractivity (Wildman–Crippen MR) is 106 cm³/mol. The van der Waals surface area contributed by atoms with Crippen LogP contribution in [0.25, 0.3) is 10.8 Å². The van der Waals surface area contributed by atoms with Gasteiger partial charge in [-0.15, -0.1) is 0 Å². The maximum atomic E-state index is 12.7. The van der Waals surface area contributed by atoms with Gasteiger partial charge in [-0.1, -0.05) is 30.3 Å². The summed E-state index contributed by atoms with van der Waals surface area (Å²) in [5.74, 6) is 0.582. The van der Waals surface area contributed by atoms with Crippen molar-refractivity contribution in [1.29, 1.82) is 0 Å². The standard InChI is InChI=1S/C23H23NO2/c1-14-7-11-19(13-15(14)2)26-16(3)23(25)24-21-12-10-18-9-8-17-5-4-6-20(21)22(17)18/h4-7,10-13,16H,8-9H2,1-3H3,(H,24,25). The highest BCUT2D eigenvalue weighted by Gasteiger charge is 2.19. The van der Waals surface area contributed by atoms with E-state index in [-0.39, 0.29) is 5.91 Å². The summed E-state index contributed by atoms with van der Waals surface area (Å²) in [4.78, 5) is 12.7. The molecule has 0 aromatic heterocycles. The summed E-state index contributed by atoms with van der Waals surface area (Å²) >= 11 is 0. The number of carbonyl (C=O) groups is 1. The van der Waals surface area contributed by atoms with E-state index in [0.717, 1.165) is 35.2 Å². The summed E-state index contributed by atoms with van der Waals surface area (Å²) in [6.07, 6.45) is 1.59. The van der Waals surface area contributed by atoms with Crippen LogP contribution < -0.4 is 10.1 Å². The Bertz CT molecular complexity index is 996. The molecule has 0 fully saturated rings. The minimum absolute atomic E-state index is 0.137. The summed E-state index contributed by atoms with van der Waals surface area (Å²) in [5, 5.41) is 5.46. The molecule has 0 heterocycles. The number of hydrogen-bond donors (Lipinski definition) is 1. The molecule has 0 spiro atoms. The third-order valence-corrected chi connectivity index (χ3v) is 5.30. The Hall–Kier alpha value is -2.81. The van der Waals surface area contributed by atoms with Crippen molar-refractivity contribution in [2.24, 2.45) is 0 Å². The first kappa shape index (κ1) is 16.6. The van der Waals surface area contributed by atoms with E-state index in [0.29, 0.717) is 0 Å². The van der Waals surface area contributed by atoms with E-state index in [1.165, 1.54) is 22.1 Å². The zero-order valence-corrected chi connectivity index (χ0v) is 15.4. The Morgan fingerprint density at radius 3 is 2.54 bits per heavy atom. The number of nitrogens with one attached hydrogen (secondary N) is 1. The lowest BCUT2D eigenvalue weighted by atomic mass is 10.0. The maximum Gasteiger partial charge on any atom is 0.265 e. The van der Waals surface area contributed by atoms with Crippen LogP contribution in [-0.2, 0) is 17.6 Å². The van der Waals surface area contributed by atoms with E-state index in [2.05, 4.69) is 36.5 Å². The summed E-state index contributed by atoms with van der Waals surface area (Å²) in [7, 11) is 0. The normalized spacial score (nSPS) is 13.7. The van der Waals surface area contributed by atoms with Crippen LogP contribution in [0.5, 0.6) is 5.75 Å². The Morgan fingerprint density at radius 1 is 1.00 bits per heavy atom. The van der Waals surface area contributed by atoms with Crippen molar-refractivity contribution in [1.82, 2.24) is 0 Å². The molecule has 1 atom stereocenters. The fourth-order valence-electron chi connectivity index (χ4n) is 3.64. The van der Waals surface area contributed by atoms with Crippen molar-refractivity contribution in [3.63, 3.8) is 0 Å². The fourth-order valence-corrected chi connectivity index (χ4v) is 3.64. The zero-order valence-electron chi connectivity index (χ0n) is 15.4. The van der Waals surface area contributed by atoms with E-state index < -0.39 is 6.10 Å². The average molecular weight is 345 g/mol. The van der Waals surface area contributed by atoms with E-state index >= 15 is 0 Å². The van der Waals surface area contributed by atoms with Crippen LogP contribution in [0.15, 0.2) is 48.5 Å². The lowest BCUT2D eigenvalue weighted by Crippen LogP contribution is -2.30. The smallest absolute Gasteiger partial charge is 0.265 e. The molecule has 1 N–H and O–H groups in total. The number of anilines is 1. The van der Waals surface area contributed by atoms with Crippen molar-refractivity contribution < 1.29 is 9.53 Å². The first-order chi connectivity index (χ1) is 12.5. The molecular formula is C23H23NO2. The Balaban J connectivity index is 1.55. The second-order valence-corrected chi connectivity index (χ2v) is 7.11. The third-order valence-electron chi connectivity index (χ3n) is 5.30. The van der Waals surface area contributed by atoms with Gasteiger partial charge in [-0.25, -0.2) is 0 Å². The maximum absolute atomic E-state index is 12.7. The Morgan fingerprint density at radius 2 is 1.77 bits per heavy atom. The number of ether oxygens (including phenoxy) is 1. The summed E-state index contributed by atoms with van der Waals surface area (Å²) in [5.41, 5.74) is 5.96. The van der Waals surface area contributed by atoms with Crippen LogP contribution in [0.1, 0.15) is 29.2 Å². The highest BCUT2D eigenvalue weighted by atomic mass is 16.5. The SMILES string of the molecule is Cc1ccc(OC(C)C(=O)Nc2ccc3c4c(cccc24)CC3)cc1C. The van der Waals surface area contributed by atoms with Gasteiger partial charge in [0.05, 0.1) is 0 Å². The lowest BCUT2D eigenvalue weighted by Gasteiger charge is -2.17. The zero-order chi connectivity index (χ0) is 18.3. The van der Waals surface area contributed by atoms with Crippen molar-refractivity contribution in [2.75, 3.05) is 5.32 Å². The highest BCUT2D eigenvalue weighted by Crippen LogP contribution is 2.35. The molecule has 3 nitrogen and oxygen atoms in total. The van der Waals surface area contributed by atoms with Crippen molar-refractivity contribution in [3.05, 3.63) is 70.8 Å². The van der Waals surface area contributed by atoms with Gasteiger partial charge in [0.2, 0.25) is 0 Å². The second-order valence-electron chi connectivity index (χ2n) is 7.11. The molecule has 1 aliphatic carbocycles. The average Bonchev–Trinajstić information content (AvgIpc) is 3.05. The van der Waals surface area contributed by atoms with Crippen LogP contribution >= 0.6 is 0 Å². The molecule has 26 heavy (non-hydrogen) atoms. The highest BCUT2D eigenvalue weighted by molar-refractivity contribution is 6.06. The quantitative estimate of drug-likeness (QED) is 0.726. The topological polar surface area (TPSA) is 38.3 Å². The molecule has 132 valence electrons. The largest absolute Gasteiger partial charge is 0.481 e. The van der Waals surface area contributed by atoms with Gasteiger partial charge in [0, 0.05) is 11.1 Å². The molecule has 3 aromatic rings. The minimum Gasteiger partial charge on any atom is -0.481 e. The van der Waals surface area contributed by atoms with Crippen molar-refractivity contribution in [2.45, 2.75) is 39.7 Å². The number of carbonyl (C=O) groups excluding carboxylic acids is 1. The molecule has 1 aliphatic rings. The van der Waals surface area contributed by atoms with Crippen LogP contribution in [0.3, 0.4) is 0 Å². The summed E-state index contributed by atoms with van der Waals surface area (Å²) in [6.45, 7) is 5.88. The lowest BCUT2D eigenvalue weighted by molar-refractivity contribution is -0.122. The van der Waals surface area contributed by atoms with Gasteiger partial charge in [0.15, 0.2) is 6.10 Å². The van der Waals surface area contributed by atoms with Gasteiger partial charge in [-0.3, -0.25) is 4.79 Å². The van der Waals surface area contributed by atoms with Crippen LogP contribution in [-0.4, -0.2) is 12.0 Å². The first-order valence-electron chi connectivity index (χ1n) is 9.11. The van der Waals surface area contributed by atoms with E-state index in [1.807, 2.05) is 31.2 Å². The van der Waals surface area contributed by atoms with Gasteiger partial charge in [0.25, 0.3) is 5.91 Å². The van der Waals surface area contributed by atoms with Crippen LogP contribution in [0.2, 0.25) is 0 Å². The summed E-state index contributed by atoms with van der Waals surface area (Å²) < 4.78 is 5.84. The van der Waals surface area contributed by atoms with Crippen LogP contribution in [0, 0.1) is 13.8 Å². The van der Waals surface area contributed by atoms with Crippen LogP contribution in [0.4, 0.5) is 5.69 Å². The number of amides is 1. The molecule has 1 amide bonds. The number of hydrogen-bond acceptors (Lipinski definition) is 2. The third kappa shape index (κ3) is 2.94. The molecule has 0 bridgehead atoms. The van der Waals surface area contributed by atoms with Gasteiger partial charge in [-0.2, -0.15) is 0 Å². The molecule has 3 heteroatoms. The van der Waals surface area contributed by atoms with Gasteiger partial charge in [0.1, 0.15) is 5.75 Å². The molecule has 0 saturated heterocycles. The molecule has 4 rings (SSSR count). The monoisotopic (exact) mass is 345 g/mol. The number of rotatable bonds is 4. The number of benzene rings is 3. The molecule has 3 aromatic carbocycles. The van der Waals surface area contributed by atoms with Gasteiger partial charge >= 0.3 is 0 Å². The number of aryl methyl sites for hydroxylation is 4. The molecule has 0 aliphatic heterocycles. The van der Waals surface area contributed by atoms with E-state index in [9.17, 15) is 4.79 Å². The Kier molecular flexibility index (Phi) is 4.15. The second kappa shape index (κ2) is 6.49. The molecule has 0 radical (unpaired) electrons. The van der Waals surface area contributed by atoms with Gasteiger partial charge < -0.3 is 10.1 Å². The van der Waals surface area contributed by atoms with Crippen molar-refractivity contribution in [3.8, 4) is 5.75 Å². The van der Waals surface area contributed by atoms with Crippen molar-refractivity contribution >= 4 is 22.4 Å². The molecular weight excluding hydrogens is 322 g/mol. The molecule has 1 unspecified atom stereocenters. The molecule has 0 saturated carbocycles. The summed E-state index contributed by atoms with van der Waals surface area (Å²) in [6, 6.07) is 16.4. The minimum atomic E-state index is -0.569. The fraction of sp³-hybridized carbons (Fsp3) is 0.261.